The van der Waals surface area contributed by atoms with Gasteiger partial charge >= 0.3 is 0 Å². The summed E-state index contributed by atoms with van der Waals surface area (Å²) in [6, 6.07) is 4.84. The summed E-state index contributed by atoms with van der Waals surface area (Å²) < 4.78 is 13.7. The number of unbranched alkanes of at least 4 members (excludes halogenated alkanes) is 5. The molecule has 0 aromatic heterocycles. The molecule has 0 amide bonds. The Kier molecular flexibility index (Phi) is 7.96. The molecule has 0 atom stereocenters. The van der Waals surface area contributed by atoms with Crippen molar-refractivity contribution >= 4 is 21.7 Å². The molecule has 0 bridgehead atoms. The first-order chi connectivity index (χ1) is 9.15. The summed E-state index contributed by atoms with van der Waals surface area (Å²) in [6.07, 6.45) is 8.01. The van der Waals surface area contributed by atoms with E-state index in [4.69, 9.17) is 0 Å². The number of halogens is 2. The second kappa shape index (κ2) is 9.24. The van der Waals surface area contributed by atoms with Gasteiger partial charge in [0.25, 0.3) is 0 Å². The number of carbonyl (C=O) groups is 1. The Morgan fingerprint density at radius 1 is 1.16 bits per heavy atom. The van der Waals surface area contributed by atoms with Gasteiger partial charge in [0.2, 0.25) is 0 Å². The van der Waals surface area contributed by atoms with Crippen molar-refractivity contribution in [2.24, 2.45) is 0 Å². The van der Waals surface area contributed by atoms with Gasteiger partial charge in [-0.3, -0.25) is 4.79 Å². The van der Waals surface area contributed by atoms with Gasteiger partial charge in [-0.25, -0.2) is 4.39 Å². The molecule has 1 rings (SSSR count). The van der Waals surface area contributed by atoms with Gasteiger partial charge in [-0.15, -0.1) is 0 Å². The Bertz CT molecular complexity index is 404. The lowest BCUT2D eigenvalue weighted by Crippen LogP contribution is -2.03. The number of rotatable bonds is 9. The average Bonchev–Trinajstić information content (AvgIpc) is 2.39. The van der Waals surface area contributed by atoms with Crippen molar-refractivity contribution in [3.8, 4) is 0 Å². The van der Waals surface area contributed by atoms with Crippen molar-refractivity contribution in [1.29, 1.82) is 0 Å². The first-order valence-electron chi connectivity index (χ1n) is 7.09. The van der Waals surface area contributed by atoms with Gasteiger partial charge in [0.05, 0.1) is 4.47 Å². The van der Waals surface area contributed by atoms with E-state index in [-0.39, 0.29) is 11.6 Å². The minimum atomic E-state index is -0.301. The molecular formula is C16H22BrFO. The van der Waals surface area contributed by atoms with Crippen LogP contribution in [0.2, 0.25) is 0 Å². The maximum Gasteiger partial charge on any atom is 0.137 e. The van der Waals surface area contributed by atoms with Gasteiger partial charge in [0.15, 0.2) is 0 Å². The molecule has 0 aliphatic carbocycles. The lowest BCUT2D eigenvalue weighted by molar-refractivity contribution is -0.118. The van der Waals surface area contributed by atoms with E-state index in [0.29, 0.717) is 17.3 Å². The zero-order valence-corrected chi connectivity index (χ0v) is 13.1. The third kappa shape index (κ3) is 6.33. The van der Waals surface area contributed by atoms with Gasteiger partial charge in [-0.05, 0) is 34.0 Å². The fourth-order valence-electron chi connectivity index (χ4n) is 2.09. The molecule has 19 heavy (non-hydrogen) atoms. The Balaban J connectivity index is 2.26. The molecule has 0 N–H and O–H groups in total. The summed E-state index contributed by atoms with van der Waals surface area (Å²) in [5.41, 5.74) is 0.746. The molecule has 0 unspecified atom stereocenters. The van der Waals surface area contributed by atoms with E-state index in [1.165, 1.54) is 31.7 Å². The SMILES string of the molecule is CCCCCCCCC(=O)Cc1cccc(F)c1Br. The monoisotopic (exact) mass is 328 g/mol. The lowest BCUT2D eigenvalue weighted by Gasteiger charge is -2.05. The number of ketones is 1. The van der Waals surface area contributed by atoms with E-state index in [9.17, 15) is 9.18 Å². The fourth-order valence-corrected chi connectivity index (χ4v) is 2.49. The highest BCUT2D eigenvalue weighted by Crippen LogP contribution is 2.21. The van der Waals surface area contributed by atoms with Gasteiger partial charge in [0.1, 0.15) is 11.6 Å². The van der Waals surface area contributed by atoms with E-state index >= 15 is 0 Å². The second-order valence-corrected chi connectivity index (χ2v) is 5.74. The Morgan fingerprint density at radius 2 is 1.84 bits per heavy atom. The largest absolute Gasteiger partial charge is 0.299 e. The normalized spacial score (nSPS) is 10.7. The van der Waals surface area contributed by atoms with Crippen molar-refractivity contribution < 1.29 is 9.18 Å². The molecule has 0 spiro atoms. The Morgan fingerprint density at radius 3 is 2.58 bits per heavy atom. The topological polar surface area (TPSA) is 17.1 Å². The highest BCUT2D eigenvalue weighted by atomic mass is 79.9. The van der Waals surface area contributed by atoms with Crippen molar-refractivity contribution in [2.45, 2.75) is 58.3 Å². The zero-order valence-electron chi connectivity index (χ0n) is 11.6. The predicted octanol–water partition coefficient (Wildman–Crippen LogP) is 5.45. The van der Waals surface area contributed by atoms with Crippen LogP contribution < -0.4 is 0 Å². The van der Waals surface area contributed by atoms with Crippen LogP contribution in [0.5, 0.6) is 0 Å². The zero-order chi connectivity index (χ0) is 14.1. The van der Waals surface area contributed by atoms with Gasteiger partial charge in [0, 0.05) is 12.8 Å². The quantitative estimate of drug-likeness (QED) is 0.551. The number of Topliss-reactive ketones (excluding diaryl/α,β-unsaturated/α-hetero) is 1. The van der Waals surface area contributed by atoms with Crippen molar-refractivity contribution in [1.82, 2.24) is 0 Å². The van der Waals surface area contributed by atoms with E-state index in [1.54, 1.807) is 12.1 Å². The summed E-state index contributed by atoms with van der Waals surface area (Å²) in [5.74, 6) is -0.105. The summed E-state index contributed by atoms with van der Waals surface area (Å²) >= 11 is 3.19. The highest BCUT2D eigenvalue weighted by molar-refractivity contribution is 9.10. The van der Waals surface area contributed by atoms with E-state index in [1.807, 2.05) is 0 Å². The Labute approximate surface area is 123 Å². The van der Waals surface area contributed by atoms with Crippen LogP contribution in [0.3, 0.4) is 0 Å². The van der Waals surface area contributed by atoms with Crippen molar-refractivity contribution in [3.63, 3.8) is 0 Å². The summed E-state index contributed by atoms with van der Waals surface area (Å²) in [7, 11) is 0. The van der Waals surface area contributed by atoms with Gasteiger partial charge in [-0.1, -0.05) is 51.2 Å². The molecule has 106 valence electrons. The first-order valence-corrected chi connectivity index (χ1v) is 7.89. The molecule has 0 aliphatic rings. The van der Waals surface area contributed by atoms with Crippen LogP contribution >= 0.6 is 15.9 Å². The van der Waals surface area contributed by atoms with Crippen molar-refractivity contribution in [3.05, 3.63) is 34.1 Å². The van der Waals surface area contributed by atoms with E-state index < -0.39 is 0 Å². The molecule has 0 aliphatic heterocycles. The minimum Gasteiger partial charge on any atom is -0.299 e. The van der Waals surface area contributed by atoms with Crippen LogP contribution in [-0.4, -0.2) is 5.78 Å². The number of hydrogen-bond acceptors (Lipinski definition) is 1. The molecular weight excluding hydrogens is 307 g/mol. The molecule has 1 aromatic carbocycles. The number of hydrogen-bond donors (Lipinski definition) is 0. The molecule has 0 saturated heterocycles. The minimum absolute atomic E-state index is 0.196. The fraction of sp³-hybridized carbons (Fsp3) is 0.562. The Hall–Kier alpha value is -0.700. The van der Waals surface area contributed by atoms with E-state index in [0.717, 1.165) is 18.4 Å². The number of benzene rings is 1. The smallest absolute Gasteiger partial charge is 0.137 e. The van der Waals surface area contributed by atoms with E-state index in [2.05, 4.69) is 22.9 Å². The van der Waals surface area contributed by atoms with Crippen LogP contribution in [0.25, 0.3) is 0 Å². The summed E-state index contributed by atoms with van der Waals surface area (Å²) in [6.45, 7) is 2.19. The highest BCUT2D eigenvalue weighted by Gasteiger charge is 2.09. The van der Waals surface area contributed by atoms with Crippen LogP contribution in [-0.2, 0) is 11.2 Å². The second-order valence-electron chi connectivity index (χ2n) is 4.95. The molecule has 0 saturated carbocycles. The van der Waals surface area contributed by atoms with Gasteiger partial charge < -0.3 is 0 Å². The molecule has 1 nitrogen and oxygen atoms in total. The standard InChI is InChI=1S/C16H22BrFO/c1-2-3-4-5-6-7-10-14(19)12-13-9-8-11-15(18)16(13)17/h8-9,11H,2-7,10,12H2,1H3. The molecule has 3 heteroatoms. The van der Waals surface area contributed by atoms with Crippen LogP contribution in [0.15, 0.2) is 22.7 Å². The molecule has 1 aromatic rings. The van der Waals surface area contributed by atoms with Crippen molar-refractivity contribution in [2.75, 3.05) is 0 Å². The third-order valence-corrected chi connectivity index (χ3v) is 4.12. The number of carbonyl (C=O) groups excluding carboxylic acids is 1. The maximum absolute atomic E-state index is 13.3. The predicted molar refractivity (Wildman–Crippen MR) is 80.8 cm³/mol. The molecule has 0 radical (unpaired) electrons. The molecule has 0 fully saturated rings. The summed E-state index contributed by atoms with van der Waals surface area (Å²) in [5, 5.41) is 0. The maximum atomic E-state index is 13.3. The average molecular weight is 329 g/mol. The third-order valence-electron chi connectivity index (χ3n) is 3.23. The first kappa shape index (κ1) is 16.4. The molecule has 0 heterocycles. The summed E-state index contributed by atoms with van der Waals surface area (Å²) in [4.78, 5) is 11.8. The van der Waals surface area contributed by atoms with Crippen LogP contribution in [0.1, 0.15) is 57.4 Å². The van der Waals surface area contributed by atoms with Crippen LogP contribution in [0, 0.1) is 5.82 Å². The van der Waals surface area contributed by atoms with Gasteiger partial charge in [-0.2, -0.15) is 0 Å². The lowest BCUT2D eigenvalue weighted by atomic mass is 10.0. The van der Waals surface area contributed by atoms with Crippen LogP contribution in [0.4, 0.5) is 4.39 Å².